The maximum absolute atomic E-state index is 11.6. The largest absolute Gasteiger partial charge is 0.464 e. The number of carbonyl (C=O) groups is 2. The van der Waals surface area contributed by atoms with E-state index < -0.39 is 17.9 Å². The molecule has 2 N–H and O–H groups in total. The van der Waals surface area contributed by atoms with E-state index in [4.69, 9.17) is 12.2 Å². The number of nitrogens with zero attached hydrogens (tertiary/aromatic N) is 1. The molecule has 0 spiro atoms. The number of carbonyl (C=O) groups excluding carboxylic acids is 2. The number of hydrogen-bond donors (Lipinski definition) is 1. The van der Waals surface area contributed by atoms with Gasteiger partial charge < -0.3 is 15.4 Å². The predicted molar refractivity (Wildman–Crippen MR) is 55.7 cm³/mol. The van der Waals surface area contributed by atoms with Crippen LogP contribution in [0.4, 0.5) is 0 Å². The van der Waals surface area contributed by atoms with Crippen molar-refractivity contribution in [2.75, 3.05) is 19.7 Å². The molecule has 1 unspecified atom stereocenters. The van der Waals surface area contributed by atoms with Gasteiger partial charge >= 0.3 is 5.97 Å². The van der Waals surface area contributed by atoms with Crippen LogP contribution in [-0.4, -0.2) is 42.5 Å². The van der Waals surface area contributed by atoms with Gasteiger partial charge in [0.15, 0.2) is 6.04 Å². The molecule has 0 aromatic carbocycles. The summed E-state index contributed by atoms with van der Waals surface area (Å²) >= 11 is 0. The molecule has 0 aliphatic carbocycles. The Labute approximate surface area is 89.6 Å². The van der Waals surface area contributed by atoms with Crippen molar-refractivity contribution in [3.05, 3.63) is 0 Å². The van der Waals surface area contributed by atoms with Crippen LogP contribution >= 0.6 is 0 Å². The minimum absolute atomic E-state index is 0.141. The molecule has 1 amide bonds. The molecule has 0 radical (unpaired) electrons. The molecule has 0 aromatic rings. The van der Waals surface area contributed by atoms with Crippen molar-refractivity contribution in [3.63, 3.8) is 0 Å². The van der Waals surface area contributed by atoms with Gasteiger partial charge in [-0.2, -0.15) is 0 Å². The first-order valence-corrected chi connectivity index (χ1v) is 4.72. The SMILES string of the molecule is C#CCN(CC)C(=O)C(N)C(=O)OCC. The van der Waals surface area contributed by atoms with E-state index in [2.05, 4.69) is 10.7 Å². The molecule has 0 saturated heterocycles. The van der Waals surface area contributed by atoms with E-state index in [1.165, 1.54) is 4.90 Å². The highest BCUT2D eigenvalue weighted by Gasteiger charge is 2.26. The molecule has 0 rings (SSSR count). The lowest BCUT2D eigenvalue weighted by atomic mass is 10.2. The Bertz CT molecular complexity index is 270. The van der Waals surface area contributed by atoms with Gasteiger partial charge in [0.1, 0.15) is 0 Å². The lowest BCUT2D eigenvalue weighted by Crippen LogP contribution is -2.49. The number of rotatable bonds is 5. The molecule has 0 saturated carbocycles. The van der Waals surface area contributed by atoms with Crippen LogP contribution in [-0.2, 0) is 14.3 Å². The average molecular weight is 212 g/mol. The van der Waals surface area contributed by atoms with Crippen LogP contribution in [0.3, 0.4) is 0 Å². The van der Waals surface area contributed by atoms with Gasteiger partial charge in [-0.15, -0.1) is 6.42 Å². The molecule has 0 aromatic heterocycles. The predicted octanol–water partition coefficient (Wildman–Crippen LogP) is -0.641. The zero-order valence-electron chi connectivity index (χ0n) is 9.03. The van der Waals surface area contributed by atoms with E-state index in [9.17, 15) is 9.59 Å². The van der Waals surface area contributed by atoms with Crippen LogP contribution in [0, 0.1) is 12.3 Å². The molecular formula is C10H16N2O3. The van der Waals surface area contributed by atoms with E-state index in [-0.39, 0.29) is 13.2 Å². The zero-order chi connectivity index (χ0) is 11.8. The number of terminal acetylenes is 1. The van der Waals surface area contributed by atoms with Crippen molar-refractivity contribution >= 4 is 11.9 Å². The van der Waals surface area contributed by atoms with Gasteiger partial charge in [-0.25, -0.2) is 4.79 Å². The van der Waals surface area contributed by atoms with Crippen molar-refractivity contribution in [1.82, 2.24) is 4.90 Å². The van der Waals surface area contributed by atoms with Gasteiger partial charge in [0.25, 0.3) is 5.91 Å². The van der Waals surface area contributed by atoms with Crippen molar-refractivity contribution in [2.24, 2.45) is 5.73 Å². The monoisotopic (exact) mass is 212 g/mol. The molecule has 0 heterocycles. The summed E-state index contributed by atoms with van der Waals surface area (Å²) in [5.74, 6) is 1.09. The Hall–Kier alpha value is -1.54. The van der Waals surface area contributed by atoms with Crippen molar-refractivity contribution in [1.29, 1.82) is 0 Å². The number of ether oxygens (including phenoxy) is 1. The first kappa shape index (κ1) is 13.5. The second-order valence-corrected chi connectivity index (χ2v) is 2.79. The van der Waals surface area contributed by atoms with Crippen molar-refractivity contribution in [3.8, 4) is 12.3 Å². The van der Waals surface area contributed by atoms with Gasteiger partial charge in [0.05, 0.1) is 13.2 Å². The Kier molecular flexibility index (Phi) is 6.14. The maximum Gasteiger partial charge on any atom is 0.332 e. The fourth-order valence-corrected chi connectivity index (χ4v) is 0.985. The van der Waals surface area contributed by atoms with Gasteiger partial charge in [-0.05, 0) is 13.8 Å². The summed E-state index contributed by atoms with van der Waals surface area (Å²) < 4.78 is 4.63. The van der Waals surface area contributed by atoms with E-state index in [0.29, 0.717) is 6.54 Å². The van der Waals surface area contributed by atoms with Crippen LogP contribution in [0.15, 0.2) is 0 Å². The lowest BCUT2D eigenvalue weighted by molar-refractivity contribution is -0.150. The molecule has 0 aliphatic heterocycles. The highest BCUT2D eigenvalue weighted by atomic mass is 16.5. The van der Waals surface area contributed by atoms with Gasteiger partial charge in [0, 0.05) is 6.54 Å². The highest BCUT2D eigenvalue weighted by molar-refractivity contribution is 6.01. The average Bonchev–Trinajstić information content (AvgIpc) is 2.24. The quantitative estimate of drug-likeness (QED) is 0.374. The van der Waals surface area contributed by atoms with Crippen LogP contribution in [0.1, 0.15) is 13.8 Å². The first-order valence-electron chi connectivity index (χ1n) is 4.72. The van der Waals surface area contributed by atoms with Gasteiger partial charge in [0.2, 0.25) is 0 Å². The summed E-state index contributed by atoms with van der Waals surface area (Å²) in [4.78, 5) is 24.1. The van der Waals surface area contributed by atoms with E-state index >= 15 is 0 Å². The smallest absolute Gasteiger partial charge is 0.332 e. The maximum atomic E-state index is 11.6. The summed E-state index contributed by atoms with van der Waals surface area (Å²) in [6, 6.07) is -1.28. The van der Waals surface area contributed by atoms with Crippen molar-refractivity contribution in [2.45, 2.75) is 19.9 Å². The third-order valence-electron chi connectivity index (χ3n) is 1.78. The standard InChI is InChI=1S/C10H16N2O3/c1-4-7-12(5-2)9(13)8(11)10(14)15-6-3/h1,8H,5-7,11H2,2-3H3. The number of esters is 1. The fraction of sp³-hybridized carbons (Fsp3) is 0.600. The van der Waals surface area contributed by atoms with Crippen LogP contribution in [0.5, 0.6) is 0 Å². The summed E-state index contributed by atoms with van der Waals surface area (Å²) in [6.07, 6.45) is 5.08. The Balaban J connectivity index is 4.41. The number of amides is 1. The molecule has 0 fully saturated rings. The molecule has 0 bridgehead atoms. The fourth-order valence-electron chi connectivity index (χ4n) is 0.985. The topological polar surface area (TPSA) is 72.6 Å². The van der Waals surface area contributed by atoms with Crippen LogP contribution in [0.2, 0.25) is 0 Å². The van der Waals surface area contributed by atoms with Gasteiger partial charge in [-0.1, -0.05) is 5.92 Å². The highest BCUT2D eigenvalue weighted by Crippen LogP contribution is 1.95. The Morgan fingerprint density at radius 1 is 1.53 bits per heavy atom. The molecule has 15 heavy (non-hydrogen) atoms. The molecule has 84 valence electrons. The summed E-state index contributed by atoms with van der Waals surface area (Å²) in [6.45, 7) is 4.15. The third-order valence-corrected chi connectivity index (χ3v) is 1.78. The third kappa shape index (κ3) is 4.00. The minimum Gasteiger partial charge on any atom is -0.464 e. The van der Waals surface area contributed by atoms with E-state index in [1.54, 1.807) is 13.8 Å². The summed E-state index contributed by atoms with van der Waals surface area (Å²) in [5, 5.41) is 0. The van der Waals surface area contributed by atoms with Crippen molar-refractivity contribution < 1.29 is 14.3 Å². The molecule has 0 aliphatic rings. The molecule has 1 atom stereocenters. The second kappa shape index (κ2) is 6.85. The Morgan fingerprint density at radius 3 is 2.53 bits per heavy atom. The first-order chi connectivity index (χ1) is 7.08. The Morgan fingerprint density at radius 2 is 2.13 bits per heavy atom. The number of likely N-dealkylation sites (N-methyl/N-ethyl adjacent to an activating group) is 1. The lowest BCUT2D eigenvalue weighted by Gasteiger charge is -2.20. The van der Waals surface area contributed by atoms with E-state index in [0.717, 1.165) is 0 Å². The summed E-state index contributed by atoms with van der Waals surface area (Å²) in [7, 11) is 0. The number of nitrogens with two attached hydrogens (primary N) is 1. The number of hydrogen-bond acceptors (Lipinski definition) is 4. The van der Waals surface area contributed by atoms with Crippen LogP contribution in [0.25, 0.3) is 0 Å². The molecule has 5 nitrogen and oxygen atoms in total. The summed E-state index contributed by atoms with van der Waals surface area (Å²) in [5.41, 5.74) is 5.42. The van der Waals surface area contributed by atoms with Gasteiger partial charge in [-0.3, -0.25) is 4.79 Å². The molecular weight excluding hydrogens is 196 g/mol. The zero-order valence-corrected chi connectivity index (χ0v) is 9.03. The minimum atomic E-state index is -1.28. The molecule has 5 heteroatoms. The van der Waals surface area contributed by atoms with Crippen LogP contribution < -0.4 is 5.73 Å². The normalized spacial score (nSPS) is 11.3. The van der Waals surface area contributed by atoms with E-state index in [1.807, 2.05) is 0 Å². The second-order valence-electron chi connectivity index (χ2n) is 2.79.